The van der Waals surface area contributed by atoms with Crippen molar-refractivity contribution in [1.82, 2.24) is 5.06 Å². The summed E-state index contributed by atoms with van der Waals surface area (Å²) >= 11 is 0. The van der Waals surface area contributed by atoms with Crippen LogP contribution in [0.3, 0.4) is 0 Å². The Morgan fingerprint density at radius 2 is 2.20 bits per heavy atom. The van der Waals surface area contributed by atoms with E-state index in [1.165, 1.54) is 39.3 Å². The molecule has 0 fully saturated rings. The minimum absolute atomic E-state index is 0.0909. The second-order valence-corrected chi connectivity index (χ2v) is 3.47. The number of rotatable bonds is 2. The van der Waals surface area contributed by atoms with Crippen LogP contribution in [0.4, 0.5) is 0 Å². The third-order valence-electron chi connectivity index (χ3n) is 2.06. The normalized spacial score (nSPS) is 25.1. The van der Waals surface area contributed by atoms with Gasteiger partial charge in [0.1, 0.15) is 0 Å². The summed E-state index contributed by atoms with van der Waals surface area (Å²) in [6.45, 7) is 1.48. The minimum Gasteiger partial charge on any atom is -0.382 e. The predicted molar refractivity (Wildman–Crippen MR) is 52.6 cm³/mol. The van der Waals surface area contributed by atoms with Gasteiger partial charge in [0, 0.05) is 7.05 Å². The number of carbonyl (C=O) groups is 2. The van der Waals surface area contributed by atoms with E-state index in [2.05, 4.69) is 4.84 Å². The van der Waals surface area contributed by atoms with Crippen molar-refractivity contribution in [3.63, 3.8) is 0 Å². The average Bonchev–Trinajstić information content (AvgIpc) is 2.19. The Bertz CT molecular complexity index is 354. The highest BCUT2D eigenvalue weighted by Crippen LogP contribution is 2.18. The van der Waals surface area contributed by atoms with Crippen molar-refractivity contribution >= 4 is 11.7 Å². The molecule has 0 spiro atoms. The lowest BCUT2D eigenvalue weighted by Gasteiger charge is -2.21. The molecule has 0 heterocycles. The zero-order chi connectivity index (χ0) is 11.6. The van der Waals surface area contributed by atoms with Crippen LogP contribution in [0.2, 0.25) is 0 Å². The number of carbonyl (C=O) groups excluding carboxylic acids is 2. The fourth-order valence-corrected chi connectivity index (χ4v) is 1.17. The second-order valence-electron chi connectivity index (χ2n) is 3.47. The van der Waals surface area contributed by atoms with Gasteiger partial charge in [-0.05, 0) is 25.2 Å². The van der Waals surface area contributed by atoms with Gasteiger partial charge in [-0.15, -0.1) is 0 Å². The molecule has 0 aromatic heterocycles. The van der Waals surface area contributed by atoms with Gasteiger partial charge < -0.3 is 5.11 Å². The topological polar surface area (TPSA) is 66.8 Å². The molecule has 15 heavy (non-hydrogen) atoms. The number of nitrogens with zero attached hydrogens (tertiary/aromatic N) is 1. The Balaban J connectivity index is 2.99. The molecule has 5 nitrogen and oxygen atoms in total. The van der Waals surface area contributed by atoms with Crippen LogP contribution in [0.5, 0.6) is 0 Å². The van der Waals surface area contributed by atoms with E-state index in [0.29, 0.717) is 0 Å². The smallest absolute Gasteiger partial charge is 0.280 e. The number of hydrogen-bond acceptors (Lipinski definition) is 4. The van der Waals surface area contributed by atoms with E-state index in [4.69, 9.17) is 0 Å². The standard InChI is InChI=1S/C10H13NO4/c1-10(14)5-4-8(12)7(6-10)9(13)11(2)15-3/h4-6,14H,1-3H3/t10-/m1/s1. The third kappa shape index (κ3) is 2.51. The first-order chi connectivity index (χ1) is 6.87. The summed E-state index contributed by atoms with van der Waals surface area (Å²) in [5.41, 5.74) is -1.36. The molecular formula is C10H13NO4. The summed E-state index contributed by atoms with van der Waals surface area (Å²) in [6, 6.07) is 0. The maximum Gasteiger partial charge on any atom is 0.280 e. The zero-order valence-electron chi connectivity index (χ0n) is 8.85. The van der Waals surface area contributed by atoms with Crippen molar-refractivity contribution in [2.75, 3.05) is 14.2 Å². The number of ketones is 1. The predicted octanol–water partition coefficient (Wildman–Crippen LogP) is -0.178. The molecule has 0 aliphatic heterocycles. The molecule has 1 aliphatic rings. The van der Waals surface area contributed by atoms with Crippen molar-refractivity contribution in [3.05, 3.63) is 23.8 Å². The van der Waals surface area contributed by atoms with Crippen LogP contribution in [0.15, 0.2) is 23.8 Å². The van der Waals surface area contributed by atoms with E-state index in [1.807, 2.05) is 0 Å². The monoisotopic (exact) mass is 211 g/mol. The summed E-state index contributed by atoms with van der Waals surface area (Å²) in [4.78, 5) is 27.6. The molecule has 0 unspecified atom stereocenters. The molecule has 1 N–H and O–H groups in total. The quantitative estimate of drug-likeness (QED) is 0.508. The number of hydrogen-bond donors (Lipinski definition) is 1. The van der Waals surface area contributed by atoms with Gasteiger partial charge in [-0.3, -0.25) is 14.4 Å². The van der Waals surface area contributed by atoms with E-state index < -0.39 is 17.3 Å². The molecule has 1 amide bonds. The fraction of sp³-hybridized carbons (Fsp3) is 0.400. The van der Waals surface area contributed by atoms with Gasteiger partial charge in [0.05, 0.1) is 18.3 Å². The lowest BCUT2D eigenvalue weighted by molar-refractivity contribution is -0.164. The van der Waals surface area contributed by atoms with Gasteiger partial charge in [0.15, 0.2) is 5.78 Å². The van der Waals surface area contributed by atoms with Gasteiger partial charge >= 0.3 is 0 Å². The molecule has 1 aliphatic carbocycles. The number of hydroxylamine groups is 2. The van der Waals surface area contributed by atoms with Gasteiger partial charge in [-0.1, -0.05) is 0 Å². The molecule has 0 saturated heterocycles. The summed E-state index contributed by atoms with van der Waals surface area (Å²) in [6.07, 6.45) is 3.73. The molecule has 0 aromatic carbocycles. The third-order valence-corrected chi connectivity index (χ3v) is 2.06. The molecule has 5 heteroatoms. The molecule has 0 bridgehead atoms. The SMILES string of the molecule is CON(C)C(=O)C1=C[C@](C)(O)C=CC1=O. The van der Waals surface area contributed by atoms with Crippen molar-refractivity contribution in [1.29, 1.82) is 0 Å². The highest BCUT2D eigenvalue weighted by molar-refractivity contribution is 6.23. The van der Waals surface area contributed by atoms with Crippen molar-refractivity contribution < 1.29 is 19.5 Å². The zero-order valence-corrected chi connectivity index (χ0v) is 8.85. The van der Waals surface area contributed by atoms with E-state index in [9.17, 15) is 14.7 Å². The largest absolute Gasteiger partial charge is 0.382 e. The Kier molecular flexibility index (Phi) is 3.06. The Morgan fingerprint density at radius 1 is 1.60 bits per heavy atom. The maximum absolute atomic E-state index is 11.6. The molecule has 0 radical (unpaired) electrons. The van der Waals surface area contributed by atoms with Gasteiger partial charge in [-0.2, -0.15) is 0 Å². The Labute approximate surface area is 87.6 Å². The van der Waals surface area contributed by atoms with Crippen LogP contribution in [-0.2, 0) is 14.4 Å². The van der Waals surface area contributed by atoms with Gasteiger partial charge in [0.25, 0.3) is 5.91 Å². The molecule has 82 valence electrons. The van der Waals surface area contributed by atoms with Crippen LogP contribution in [0.25, 0.3) is 0 Å². The van der Waals surface area contributed by atoms with Crippen molar-refractivity contribution in [3.8, 4) is 0 Å². The van der Waals surface area contributed by atoms with Gasteiger partial charge in [-0.25, -0.2) is 5.06 Å². The van der Waals surface area contributed by atoms with E-state index in [0.717, 1.165) is 5.06 Å². The highest BCUT2D eigenvalue weighted by Gasteiger charge is 2.28. The van der Waals surface area contributed by atoms with Crippen LogP contribution in [-0.4, -0.2) is 41.6 Å². The van der Waals surface area contributed by atoms with E-state index >= 15 is 0 Å². The van der Waals surface area contributed by atoms with Crippen LogP contribution in [0, 0.1) is 0 Å². The Morgan fingerprint density at radius 3 is 2.73 bits per heavy atom. The van der Waals surface area contributed by atoms with E-state index in [1.54, 1.807) is 0 Å². The van der Waals surface area contributed by atoms with Crippen LogP contribution in [0.1, 0.15) is 6.92 Å². The molecule has 1 rings (SSSR count). The van der Waals surface area contributed by atoms with Crippen LogP contribution < -0.4 is 0 Å². The van der Waals surface area contributed by atoms with Gasteiger partial charge in [0.2, 0.25) is 0 Å². The second kappa shape index (κ2) is 3.96. The molecule has 0 aromatic rings. The van der Waals surface area contributed by atoms with E-state index in [-0.39, 0.29) is 5.57 Å². The number of likely N-dealkylation sites (N-methyl/N-ethyl adjacent to an activating group) is 1. The summed E-state index contributed by atoms with van der Waals surface area (Å²) in [5, 5.41) is 10.6. The number of amides is 1. The molecule has 0 saturated carbocycles. The van der Waals surface area contributed by atoms with Crippen molar-refractivity contribution in [2.24, 2.45) is 0 Å². The lowest BCUT2D eigenvalue weighted by Crippen LogP contribution is -2.33. The minimum atomic E-state index is -1.27. The highest BCUT2D eigenvalue weighted by atomic mass is 16.7. The maximum atomic E-state index is 11.6. The molecular weight excluding hydrogens is 198 g/mol. The first-order valence-electron chi connectivity index (χ1n) is 4.38. The first kappa shape index (κ1) is 11.6. The fourth-order valence-electron chi connectivity index (χ4n) is 1.17. The lowest BCUT2D eigenvalue weighted by atomic mass is 9.93. The summed E-state index contributed by atoms with van der Waals surface area (Å²) in [7, 11) is 2.71. The Hall–Kier alpha value is -1.46. The first-order valence-corrected chi connectivity index (χ1v) is 4.38. The number of aliphatic hydroxyl groups is 1. The summed E-state index contributed by atoms with van der Waals surface area (Å²) < 4.78 is 0. The average molecular weight is 211 g/mol. The van der Waals surface area contributed by atoms with Crippen molar-refractivity contribution in [2.45, 2.75) is 12.5 Å². The van der Waals surface area contributed by atoms with Crippen LogP contribution >= 0.6 is 0 Å². The molecule has 1 atom stereocenters. The summed E-state index contributed by atoms with van der Waals surface area (Å²) in [5.74, 6) is -1.01. The number of allylic oxidation sites excluding steroid dienone is 1.